The number of piperidine rings is 1. The van der Waals surface area contributed by atoms with E-state index in [2.05, 4.69) is 34.2 Å². The zero-order chi connectivity index (χ0) is 16.2. The van der Waals surface area contributed by atoms with Crippen LogP contribution in [0.1, 0.15) is 31.2 Å². The Bertz CT molecular complexity index is 551. The highest BCUT2D eigenvalue weighted by Gasteiger charge is 2.30. The topological polar surface area (TPSA) is 35.6 Å². The number of hydrogen-bond acceptors (Lipinski definition) is 3. The van der Waals surface area contributed by atoms with E-state index in [9.17, 15) is 4.79 Å². The maximum absolute atomic E-state index is 12.1. The lowest BCUT2D eigenvalue weighted by atomic mass is 9.97. The summed E-state index contributed by atoms with van der Waals surface area (Å²) in [4.78, 5) is 16.7. The molecule has 0 bridgehead atoms. The van der Waals surface area contributed by atoms with Crippen molar-refractivity contribution < 1.29 is 4.79 Å². The lowest BCUT2D eigenvalue weighted by Gasteiger charge is -2.41. The molecule has 0 aliphatic carbocycles. The summed E-state index contributed by atoms with van der Waals surface area (Å²) in [6.45, 7) is 7.67. The molecule has 1 N–H and O–H groups in total. The van der Waals surface area contributed by atoms with Crippen molar-refractivity contribution in [3.63, 3.8) is 0 Å². The van der Waals surface area contributed by atoms with E-state index in [0.717, 1.165) is 44.2 Å². The Labute approximate surface area is 143 Å². The SMILES string of the molecule is CC(CN1CCCC(N2CCNCC2=O)C1)c1cccc(Cl)c1. The Morgan fingerprint density at radius 1 is 1.39 bits per heavy atom. The van der Waals surface area contributed by atoms with Crippen LogP contribution >= 0.6 is 11.6 Å². The van der Waals surface area contributed by atoms with Crippen molar-refractivity contribution in [3.05, 3.63) is 34.9 Å². The molecule has 2 aliphatic heterocycles. The van der Waals surface area contributed by atoms with Crippen LogP contribution in [0.2, 0.25) is 5.02 Å². The molecular formula is C18H26ClN3O. The molecule has 0 aromatic heterocycles. The quantitative estimate of drug-likeness (QED) is 0.917. The van der Waals surface area contributed by atoms with Gasteiger partial charge >= 0.3 is 0 Å². The number of likely N-dealkylation sites (tertiary alicyclic amines) is 1. The number of amides is 1. The molecule has 1 aromatic carbocycles. The molecule has 23 heavy (non-hydrogen) atoms. The zero-order valence-electron chi connectivity index (χ0n) is 13.8. The van der Waals surface area contributed by atoms with Crippen molar-refractivity contribution in [1.29, 1.82) is 0 Å². The fraction of sp³-hybridized carbons (Fsp3) is 0.611. The second kappa shape index (κ2) is 7.65. The van der Waals surface area contributed by atoms with Gasteiger partial charge in [-0.05, 0) is 43.0 Å². The van der Waals surface area contributed by atoms with Gasteiger partial charge in [-0.2, -0.15) is 0 Å². The van der Waals surface area contributed by atoms with Crippen LogP contribution in [0.4, 0.5) is 0 Å². The number of carbonyl (C=O) groups is 1. The number of halogens is 1. The van der Waals surface area contributed by atoms with Gasteiger partial charge in [-0.15, -0.1) is 0 Å². The number of rotatable bonds is 4. The zero-order valence-corrected chi connectivity index (χ0v) is 14.6. The summed E-state index contributed by atoms with van der Waals surface area (Å²) in [7, 11) is 0. The predicted octanol–water partition coefficient (Wildman–Crippen LogP) is 2.34. The minimum absolute atomic E-state index is 0.256. The van der Waals surface area contributed by atoms with Gasteiger partial charge in [-0.3, -0.25) is 4.79 Å². The van der Waals surface area contributed by atoms with E-state index in [4.69, 9.17) is 11.6 Å². The van der Waals surface area contributed by atoms with Crippen LogP contribution in [0.25, 0.3) is 0 Å². The summed E-state index contributed by atoms with van der Waals surface area (Å²) < 4.78 is 0. The van der Waals surface area contributed by atoms with Crippen LogP contribution < -0.4 is 5.32 Å². The minimum atomic E-state index is 0.256. The summed E-state index contributed by atoms with van der Waals surface area (Å²) in [5.74, 6) is 0.706. The van der Waals surface area contributed by atoms with E-state index in [-0.39, 0.29) is 5.91 Å². The monoisotopic (exact) mass is 335 g/mol. The van der Waals surface area contributed by atoms with Crippen molar-refractivity contribution >= 4 is 17.5 Å². The summed E-state index contributed by atoms with van der Waals surface area (Å²) in [5, 5.41) is 3.96. The number of benzene rings is 1. The van der Waals surface area contributed by atoms with E-state index in [1.807, 2.05) is 12.1 Å². The second-order valence-corrected chi connectivity index (χ2v) is 7.21. The Hall–Kier alpha value is -1.10. The van der Waals surface area contributed by atoms with Gasteiger partial charge < -0.3 is 15.1 Å². The fourth-order valence-electron chi connectivity index (χ4n) is 3.76. The summed E-state index contributed by atoms with van der Waals surface area (Å²) in [6.07, 6.45) is 2.30. The highest BCUT2D eigenvalue weighted by atomic mass is 35.5. The highest BCUT2D eigenvalue weighted by molar-refractivity contribution is 6.30. The molecule has 0 saturated carbocycles. The predicted molar refractivity (Wildman–Crippen MR) is 93.9 cm³/mol. The number of nitrogens with zero attached hydrogens (tertiary/aromatic N) is 2. The van der Waals surface area contributed by atoms with Gasteiger partial charge in [0.2, 0.25) is 5.91 Å². The van der Waals surface area contributed by atoms with Crippen molar-refractivity contribution in [2.75, 3.05) is 39.3 Å². The molecule has 1 amide bonds. The number of hydrogen-bond donors (Lipinski definition) is 1. The summed E-state index contributed by atoms with van der Waals surface area (Å²) in [5.41, 5.74) is 1.29. The highest BCUT2D eigenvalue weighted by Crippen LogP contribution is 2.23. The molecular weight excluding hydrogens is 310 g/mol. The molecule has 3 rings (SSSR count). The van der Waals surface area contributed by atoms with Gasteiger partial charge in [0.1, 0.15) is 0 Å². The Kier molecular flexibility index (Phi) is 5.57. The molecule has 2 unspecified atom stereocenters. The first-order valence-electron chi connectivity index (χ1n) is 8.61. The summed E-state index contributed by atoms with van der Waals surface area (Å²) in [6, 6.07) is 8.53. The average Bonchev–Trinajstić information content (AvgIpc) is 2.55. The van der Waals surface area contributed by atoms with E-state index in [1.165, 1.54) is 12.0 Å². The standard InChI is InChI=1S/C18H26ClN3O/c1-14(15-4-2-5-16(19)10-15)12-21-8-3-6-17(13-21)22-9-7-20-11-18(22)23/h2,4-5,10,14,17,20H,3,6-9,11-13H2,1H3. The number of carbonyl (C=O) groups excluding carboxylic acids is 1. The average molecular weight is 336 g/mol. The molecule has 2 saturated heterocycles. The van der Waals surface area contributed by atoms with E-state index >= 15 is 0 Å². The first kappa shape index (κ1) is 16.7. The fourth-order valence-corrected chi connectivity index (χ4v) is 3.96. The van der Waals surface area contributed by atoms with Crippen molar-refractivity contribution in [1.82, 2.24) is 15.1 Å². The van der Waals surface area contributed by atoms with Crippen LogP contribution in [0.15, 0.2) is 24.3 Å². The molecule has 5 heteroatoms. The van der Waals surface area contributed by atoms with Crippen LogP contribution in [0.5, 0.6) is 0 Å². The van der Waals surface area contributed by atoms with E-state index in [1.54, 1.807) is 0 Å². The van der Waals surface area contributed by atoms with Crippen LogP contribution in [0, 0.1) is 0 Å². The van der Waals surface area contributed by atoms with Crippen LogP contribution in [0.3, 0.4) is 0 Å². The number of piperazine rings is 1. The van der Waals surface area contributed by atoms with Gasteiger partial charge in [0.15, 0.2) is 0 Å². The van der Waals surface area contributed by atoms with Gasteiger partial charge in [-0.25, -0.2) is 0 Å². The van der Waals surface area contributed by atoms with Gasteiger partial charge in [0, 0.05) is 37.2 Å². The van der Waals surface area contributed by atoms with Crippen molar-refractivity contribution in [2.45, 2.75) is 31.7 Å². The molecule has 2 atom stereocenters. The van der Waals surface area contributed by atoms with Crippen molar-refractivity contribution in [2.24, 2.45) is 0 Å². The Morgan fingerprint density at radius 3 is 3.04 bits per heavy atom. The van der Waals surface area contributed by atoms with Gasteiger partial charge in [0.05, 0.1) is 6.54 Å². The van der Waals surface area contributed by atoms with Gasteiger partial charge in [-0.1, -0.05) is 30.7 Å². The third-order valence-corrected chi connectivity index (χ3v) is 5.23. The number of nitrogens with one attached hydrogen (secondary N) is 1. The third kappa shape index (κ3) is 4.25. The van der Waals surface area contributed by atoms with Gasteiger partial charge in [0.25, 0.3) is 0 Å². The first-order valence-corrected chi connectivity index (χ1v) is 8.99. The molecule has 2 fully saturated rings. The van der Waals surface area contributed by atoms with Crippen LogP contribution in [-0.2, 0) is 4.79 Å². The molecule has 126 valence electrons. The van der Waals surface area contributed by atoms with E-state index in [0.29, 0.717) is 18.5 Å². The lowest BCUT2D eigenvalue weighted by Crippen LogP contribution is -2.57. The molecule has 0 spiro atoms. The Morgan fingerprint density at radius 2 is 2.26 bits per heavy atom. The first-order chi connectivity index (χ1) is 11.1. The minimum Gasteiger partial charge on any atom is -0.336 e. The van der Waals surface area contributed by atoms with Crippen molar-refractivity contribution in [3.8, 4) is 0 Å². The summed E-state index contributed by atoms with van der Waals surface area (Å²) >= 11 is 6.11. The van der Waals surface area contributed by atoms with Crippen LogP contribution in [-0.4, -0.2) is 61.0 Å². The van der Waals surface area contributed by atoms with E-state index < -0.39 is 0 Å². The molecule has 0 radical (unpaired) electrons. The maximum Gasteiger partial charge on any atom is 0.236 e. The Balaban J connectivity index is 1.59. The normalized spacial score (nSPS) is 24.7. The molecule has 4 nitrogen and oxygen atoms in total. The second-order valence-electron chi connectivity index (χ2n) is 6.78. The molecule has 2 heterocycles. The largest absolute Gasteiger partial charge is 0.336 e. The third-order valence-electron chi connectivity index (χ3n) is 5.00. The molecule has 2 aliphatic rings. The lowest BCUT2D eigenvalue weighted by molar-refractivity contribution is -0.135. The molecule has 1 aromatic rings. The maximum atomic E-state index is 12.1. The smallest absolute Gasteiger partial charge is 0.236 e.